The van der Waals surface area contributed by atoms with Crippen LogP contribution in [0.1, 0.15) is 11.6 Å². The van der Waals surface area contributed by atoms with Gasteiger partial charge in [-0.15, -0.1) is 10.2 Å². The summed E-state index contributed by atoms with van der Waals surface area (Å²) in [5.41, 5.74) is 7.66. The van der Waals surface area contributed by atoms with Gasteiger partial charge in [0.1, 0.15) is 5.82 Å². The van der Waals surface area contributed by atoms with Gasteiger partial charge in [-0.2, -0.15) is 0 Å². The molecular weight excluding hydrogens is 275 g/mol. The van der Waals surface area contributed by atoms with Gasteiger partial charge in [0.2, 0.25) is 0 Å². The highest BCUT2D eigenvalue weighted by Crippen LogP contribution is 2.22. The summed E-state index contributed by atoms with van der Waals surface area (Å²) in [5.74, 6) is 0.343. The van der Waals surface area contributed by atoms with E-state index in [1.165, 1.54) is 23.9 Å². The number of nitrogens with two attached hydrogens (primary N) is 1. The molecule has 0 amide bonds. The number of nitrogens with zero attached hydrogens (tertiary/aromatic N) is 3. The number of pyridine rings is 1. The van der Waals surface area contributed by atoms with Crippen molar-refractivity contribution in [3.8, 4) is 0 Å². The van der Waals surface area contributed by atoms with E-state index < -0.39 is 0 Å². The summed E-state index contributed by atoms with van der Waals surface area (Å²) in [4.78, 5) is 0. The van der Waals surface area contributed by atoms with Crippen molar-refractivity contribution in [1.82, 2.24) is 14.6 Å². The highest BCUT2D eigenvalue weighted by molar-refractivity contribution is 7.99. The molecule has 102 valence electrons. The lowest BCUT2D eigenvalue weighted by atomic mass is 10.1. The van der Waals surface area contributed by atoms with Gasteiger partial charge in [0.25, 0.3) is 0 Å². The van der Waals surface area contributed by atoms with Crippen LogP contribution in [0.3, 0.4) is 0 Å². The van der Waals surface area contributed by atoms with Crippen LogP contribution in [0.25, 0.3) is 5.65 Å². The van der Waals surface area contributed by atoms with Crippen molar-refractivity contribution in [2.45, 2.75) is 11.2 Å². The molecule has 2 heterocycles. The molecule has 6 heteroatoms. The molecule has 1 aromatic carbocycles. The molecule has 0 fully saturated rings. The minimum atomic E-state index is -0.268. The average molecular weight is 288 g/mol. The Morgan fingerprint density at radius 1 is 1.20 bits per heavy atom. The number of benzene rings is 1. The van der Waals surface area contributed by atoms with Gasteiger partial charge in [0.15, 0.2) is 10.8 Å². The second kappa shape index (κ2) is 5.60. The first kappa shape index (κ1) is 13.1. The number of thioether (sulfide) groups is 1. The Morgan fingerprint density at radius 2 is 2.10 bits per heavy atom. The lowest BCUT2D eigenvalue weighted by molar-refractivity contribution is 0.622. The molecule has 0 saturated heterocycles. The summed E-state index contributed by atoms with van der Waals surface area (Å²) in [6.07, 6.45) is 1.91. The maximum Gasteiger partial charge on any atom is 0.195 e. The summed E-state index contributed by atoms with van der Waals surface area (Å²) in [6.45, 7) is 0. The third-order valence-electron chi connectivity index (χ3n) is 2.95. The van der Waals surface area contributed by atoms with Gasteiger partial charge in [0, 0.05) is 18.0 Å². The maximum atomic E-state index is 13.2. The van der Waals surface area contributed by atoms with E-state index >= 15 is 0 Å². The Labute approximate surface area is 119 Å². The maximum absolute atomic E-state index is 13.2. The van der Waals surface area contributed by atoms with E-state index in [9.17, 15) is 4.39 Å². The molecule has 2 aromatic heterocycles. The monoisotopic (exact) mass is 288 g/mol. The van der Waals surface area contributed by atoms with E-state index in [0.29, 0.717) is 5.75 Å². The first-order valence-electron chi connectivity index (χ1n) is 6.17. The van der Waals surface area contributed by atoms with Gasteiger partial charge in [-0.25, -0.2) is 4.39 Å². The molecule has 0 saturated carbocycles. The predicted octanol–water partition coefficient (Wildman–Crippen LogP) is 2.66. The Morgan fingerprint density at radius 3 is 2.95 bits per heavy atom. The number of aromatic nitrogens is 3. The van der Waals surface area contributed by atoms with Crippen molar-refractivity contribution in [2.75, 3.05) is 5.75 Å². The first-order valence-corrected chi connectivity index (χ1v) is 7.16. The van der Waals surface area contributed by atoms with Gasteiger partial charge >= 0.3 is 0 Å². The number of rotatable bonds is 4. The van der Waals surface area contributed by atoms with Crippen molar-refractivity contribution >= 4 is 17.4 Å². The molecule has 1 atom stereocenters. The zero-order valence-corrected chi connectivity index (χ0v) is 11.4. The molecular formula is C14H13FN4S. The van der Waals surface area contributed by atoms with E-state index in [4.69, 9.17) is 5.73 Å². The second-order valence-corrected chi connectivity index (χ2v) is 5.37. The third kappa shape index (κ3) is 2.66. The fourth-order valence-corrected chi connectivity index (χ4v) is 2.83. The zero-order chi connectivity index (χ0) is 13.9. The first-order chi connectivity index (χ1) is 9.74. The van der Waals surface area contributed by atoms with Gasteiger partial charge < -0.3 is 5.73 Å². The van der Waals surface area contributed by atoms with Gasteiger partial charge in [-0.3, -0.25) is 4.40 Å². The highest BCUT2D eigenvalue weighted by Gasteiger charge is 2.11. The van der Waals surface area contributed by atoms with Crippen LogP contribution in [0.4, 0.5) is 4.39 Å². The van der Waals surface area contributed by atoms with Crippen LogP contribution < -0.4 is 5.73 Å². The molecule has 1 unspecified atom stereocenters. The van der Waals surface area contributed by atoms with E-state index in [-0.39, 0.29) is 11.9 Å². The fraction of sp³-hybridized carbons (Fsp3) is 0.143. The van der Waals surface area contributed by atoms with E-state index in [0.717, 1.165) is 16.4 Å². The molecule has 4 nitrogen and oxygen atoms in total. The van der Waals surface area contributed by atoms with E-state index in [1.807, 2.05) is 34.9 Å². The largest absolute Gasteiger partial charge is 0.323 e. The van der Waals surface area contributed by atoms with Crippen LogP contribution in [0.15, 0.2) is 53.8 Å². The minimum absolute atomic E-state index is 0.244. The molecule has 0 radical (unpaired) electrons. The van der Waals surface area contributed by atoms with Crippen molar-refractivity contribution in [3.63, 3.8) is 0 Å². The predicted molar refractivity (Wildman–Crippen MR) is 77.0 cm³/mol. The molecule has 0 spiro atoms. The van der Waals surface area contributed by atoms with Crippen molar-refractivity contribution in [2.24, 2.45) is 5.73 Å². The molecule has 3 aromatic rings. The topological polar surface area (TPSA) is 56.2 Å². The number of halogens is 1. The van der Waals surface area contributed by atoms with Crippen molar-refractivity contribution < 1.29 is 4.39 Å². The van der Waals surface area contributed by atoms with Crippen LogP contribution in [-0.2, 0) is 0 Å². The number of hydrogen-bond donors (Lipinski definition) is 1. The average Bonchev–Trinajstić information content (AvgIpc) is 2.88. The normalized spacial score (nSPS) is 12.7. The summed E-state index contributed by atoms with van der Waals surface area (Å²) < 4.78 is 15.1. The van der Waals surface area contributed by atoms with E-state index in [2.05, 4.69) is 10.2 Å². The zero-order valence-electron chi connectivity index (χ0n) is 10.6. The summed E-state index contributed by atoms with van der Waals surface area (Å²) in [6, 6.07) is 11.9. The van der Waals surface area contributed by atoms with Gasteiger partial charge in [-0.05, 0) is 29.8 Å². The van der Waals surface area contributed by atoms with Crippen LogP contribution >= 0.6 is 11.8 Å². The Balaban J connectivity index is 1.73. The Kier molecular flexibility index (Phi) is 3.66. The molecule has 2 N–H and O–H groups in total. The Hall–Kier alpha value is -1.92. The van der Waals surface area contributed by atoms with Crippen LogP contribution in [0.5, 0.6) is 0 Å². The van der Waals surface area contributed by atoms with Crippen LogP contribution in [-0.4, -0.2) is 20.4 Å². The molecule has 0 aliphatic rings. The summed E-state index contributed by atoms with van der Waals surface area (Å²) in [5, 5.41) is 8.98. The fourth-order valence-electron chi connectivity index (χ4n) is 1.92. The quantitative estimate of drug-likeness (QED) is 0.750. The number of hydrogen-bond acceptors (Lipinski definition) is 4. The smallest absolute Gasteiger partial charge is 0.195 e. The van der Waals surface area contributed by atoms with Crippen LogP contribution in [0, 0.1) is 5.82 Å². The summed E-state index contributed by atoms with van der Waals surface area (Å²) in [7, 11) is 0. The molecule has 0 aliphatic carbocycles. The minimum Gasteiger partial charge on any atom is -0.323 e. The molecule has 20 heavy (non-hydrogen) atoms. The second-order valence-electron chi connectivity index (χ2n) is 4.38. The lowest BCUT2D eigenvalue weighted by Crippen LogP contribution is -2.13. The molecule has 3 rings (SSSR count). The molecule has 0 aliphatic heterocycles. The molecule has 0 bridgehead atoms. The highest BCUT2D eigenvalue weighted by atomic mass is 32.2. The van der Waals surface area contributed by atoms with Crippen molar-refractivity contribution in [1.29, 1.82) is 0 Å². The summed E-state index contributed by atoms with van der Waals surface area (Å²) >= 11 is 1.51. The SMILES string of the molecule is NC(CSc1nnc2ccccn12)c1cccc(F)c1. The third-order valence-corrected chi connectivity index (χ3v) is 4.01. The van der Waals surface area contributed by atoms with Crippen molar-refractivity contribution in [3.05, 3.63) is 60.0 Å². The number of fused-ring (bicyclic) bond motifs is 1. The Bertz CT molecular complexity index is 728. The van der Waals surface area contributed by atoms with Gasteiger partial charge in [0.05, 0.1) is 0 Å². The van der Waals surface area contributed by atoms with Crippen LogP contribution in [0.2, 0.25) is 0 Å². The standard InChI is InChI=1S/C14H13FN4S/c15-11-5-3-4-10(8-11)12(16)9-20-14-18-17-13-6-1-2-7-19(13)14/h1-8,12H,9,16H2. The van der Waals surface area contributed by atoms with Gasteiger partial charge in [-0.1, -0.05) is 30.0 Å². The van der Waals surface area contributed by atoms with E-state index in [1.54, 1.807) is 6.07 Å². The lowest BCUT2D eigenvalue weighted by Gasteiger charge is -2.10.